The monoisotopic (exact) mass is 336 g/mol. The highest BCUT2D eigenvalue weighted by Crippen LogP contribution is 2.26. The molecule has 0 aliphatic rings. The lowest BCUT2D eigenvalue weighted by Crippen LogP contribution is -2.00. The molecule has 0 saturated carbocycles. The summed E-state index contributed by atoms with van der Waals surface area (Å²) in [4.78, 5) is 8.58. The number of benzene rings is 1. The molecule has 0 unspecified atom stereocenters. The van der Waals surface area contributed by atoms with E-state index in [0.717, 1.165) is 12.2 Å². The van der Waals surface area contributed by atoms with Crippen molar-refractivity contribution in [1.82, 2.24) is 9.97 Å². The van der Waals surface area contributed by atoms with Gasteiger partial charge >= 0.3 is 0 Å². The largest absolute Gasteiger partial charge is 0.339 e. The molecule has 19 heavy (non-hydrogen) atoms. The van der Waals surface area contributed by atoms with Gasteiger partial charge < -0.3 is 5.32 Å². The molecule has 2 aromatic rings. The number of rotatable bonds is 3. The Morgan fingerprint density at radius 3 is 2.84 bits per heavy atom. The maximum absolute atomic E-state index is 8.89. The third-order valence-corrected chi connectivity index (χ3v) is 3.15. The third kappa shape index (κ3) is 3.43. The van der Waals surface area contributed by atoms with Crippen molar-refractivity contribution in [2.75, 3.05) is 5.32 Å². The second-order valence-electron chi connectivity index (χ2n) is 3.78. The van der Waals surface area contributed by atoms with Crippen LogP contribution in [0.5, 0.6) is 0 Å². The van der Waals surface area contributed by atoms with Crippen LogP contribution in [0.4, 0.5) is 11.5 Å². The van der Waals surface area contributed by atoms with Crippen molar-refractivity contribution in [2.45, 2.75) is 13.3 Å². The predicted molar refractivity (Wildman–Crippen MR) is 78.6 cm³/mol. The minimum atomic E-state index is 0.534. The summed E-state index contributed by atoms with van der Waals surface area (Å²) in [7, 11) is 0. The molecule has 0 amide bonds. The second-order valence-corrected chi connectivity index (χ2v) is 5.00. The molecule has 0 aliphatic carbocycles. The normalized spacial score (nSPS) is 10.0. The van der Waals surface area contributed by atoms with Crippen molar-refractivity contribution in [3.05, 3.63) is 45.3 Å². The summed E-state index contributed by atoms with van der Waals surface area (Å²) in [6.45, 7) is 1.98. The summed E-state index contributed by atoms with van der Waals surface area (Å²) in [5.41, 5.74) is 1.18. The van der Waals surface area contributed by atoms with Crippen molar-refractivity contribution in [1.29, 1.82) is 5.26 Å². The van der Waals surface area contributed by atoms with E-state index in [1.807, 2.05) is 6.92 Å². The van der Waals surface area contributed by atoms with Gasteiger partial charge in [-0.15, -0.1) is 0 Å². The fourth-order valence-corrected chi connectivity index (χ4v) is 2.10. The van der Waals surface area contributed by atoms with Gasteiger partial charge in [0.2, 0.25) is 0 Å². The van der Waals surface area contributed by atoms with Crippen LogP contribution >= 0.6 is 27.5 Å². The van der Waals surface area contributed by atoms with E-state index >= 15 is 0 Å². The Hall–Kier alpha value is -1.64. The van der Waals surface area contributed by atoms with Crippen LogP contribution in [0.2, 0.25) is 5.02 Å². The van der Waals surface area contributed by atoms with Crippen LogP contribution < -0.4 is 5.32 Å². The first-order valence-electron chi connectivity index (χ1n) is 5.62. The van der Waals surface area contributed by atoms with Gasteiger partial charge in [-0.1, -0.05) is 18.5 Å². The molecule has 1 aromatic heterocycles. The molecule has 0 spiro atoms. The van der Waals surface area contributed by atoms with Gasteiger partial charge in [0.15, 0.2) is 0 Å². The van der Waals surface area contributed by atoms with Gasteiger partial charge in [0.05, 0.1) is 22.3 Å². The van der Waals surface area contributed by atoms with Crippen LogP contribution in [0.15, 0.2) is 28.9 Å². The molecular formula is C13H10BrClN4. The first-order valence-corrected chi connectivity index (χ1v) is 6.79. The number of nitrogens with one attached hydrogen (secondary N) is 1. The molecule has 0 atom stereocenters. The molecule has 1 aromatic carbocycles. The van der Waals surface area contributed by atoms with Gasteiger partial charge in [-0.3, -0.25) is 0 Å². The van der Waals surface area contributed by atoms with Crippen LogP contribution in [0.1, 0.15) is 18.3 Å². The Labute approximate surface area is 124 Å². The fraction of sp³-hybridized carbons (Fsp3) is 0.154. The summed E-state index contributed by atoms with van der Waals surface area (Å²) in [6, 6.07) is 8.86. The maximum Gasteiger partial charge on any atom is 0.135 e. The average molecular weight is 338 g/mol. The lowest BCUT2D eigenvalue weighted by molar-refractivity contribution is 0.931. The number of nitriles is 1. The summed E-state index contributed by atoms with van der Waals surface area (Å²) in [5, 5.41) is 12.5. The second kappa shape index (κ2) is 6.00. The molecule has 0 radical (unpaired) electrons. The van der Waals surface area contributed by atoms with E-state index in [2.05, 4.69) is 37.3 Å². The lowest BCUT2D eigenvalue weighted by Gasteiger charge is -2.09. The summed E-state index contributed by atoms with van der Waals surface area (Å²) in [5.74, 6) is 1.36. The molecule has 0 bridgehead atoms. The number of hydrogen-bond donors (Lipinski definition) is 1. The van der Waals surface area contributed by atoms with E-state index in [4.69, 9.17) is 16.9 Å². The van der Waals surface area contributed by atoms with Gasteiger partial charge in [0, 0.05) is 12.5 Å². The molecule has 0 fully saturated rings. The van der Waals surface area contributed by atoms with Crippen molar-refractivity contribution in [3.63, 3.8) is 0 Å². The predicted octanol–water partition coefficient (Wildman–Crippen LogP) is 4.07. The van der Waals surface area contributed by atoms with Crippen molar-refractivity contribution >= 4 is 39.0 Å². The van der Waals surface area contributed by atoms with Crippen molar-refractivity contribution in [2.24, 2.45) is 0 Å². The number of hydrogen-bond acceptors (Lipinski definition) is 4. The van der Waals surface area contributed by atoms with Crippen LogP contribution in [0.3, 0.4) is 0 Å². The molecule has 1 heterocycles. The number of aromatic nitrogens is 2. The standard InChI is InChI=1S/C13H10BrClN4/c1-2-12-18-11(14)6-13(19-12)17-10-5-8(7-16)3-4-9(10)15/h3-6H,2H2,1H3,(H,17,18,19). The number of halogens is 2. The average Bonchev–Trinajstić information content (AvgIpc) is 2.40. The summed E-state index contributed by atoms with van der Waals surface area (Å²) in [6.07, 6.45) is 0.736. The van der Waals surface area contributed by atoms with Gasteiger partial charge in [-0.25, -0.2) is 9.97 Å². The molecule has 4 nitrogen and oxygen atoms in total. The van der Waals surface area contributed by atoms with Crippen molar-refractivity contribution < 1.29 is 0 Å². The Morgan fingerprint density at radius 2 is 2.16 bits per heavy atom. The van der Waals surface area contributed by atoms with E-state index in [0.29, 0.717) is 26.7 Å². The first kappa shape index (κ1) is 13.8. The van der Waals surface area contributed by atoms with Gasteiger partial charge in [-0.05, 0) is 34.1 Å². The number of nitrogens with zero attached hydrogens (tertiary/aromatic N) is 3. The zero-order valence-corrected chi connectivity index (χ0v) is 12.5. The van der Waals surface area contributed by atoms with E-state index < -0.39 is 0 Å². The quantitative estimate of drug-likeness (QED) is 0.858. The zero-order valence-electron chi connectivity index (χ0n) is 10.1. The zero-order chi connectivity index (χ0) is 13.8. The smallest absolute Gasteiger partial charge is 0.135 e. The molecular weight excluding hydrogens is 328 g/mol. The maximum atomic E-state index is 8.89. The molecule has 6 heteroatoms. The Kier molecular flexibility index (Phi) is 4.35. The fourth-order valence-electron chi connectivity index (χ4n) is 1.52. The lowest BCUT2D eigenvalue weighted by atomic mass is 10.2. The molecule has 1 N–H and O–H groups in total. The Balaban J connectivity index is 2.36. The highest BCUT2D eigenvalue weighted by atomic mass is 79.9. The third-order valence-electron chi connectivity index (χ3n) is 2.42. The van der Waals surface area contributed by atoms with Gasteiger partial charge in [0.1, 0.15) is 16.2 Å². The SMILES string of the molecule is CCc1nc(Br)cc(Nc2cc(C#N)ccc2Cl)n1. The highest BCUT2D eigenvalue weighted by Gasteiger charge is 2.06. The summed E-state index contributed by atoms with van der Waals surface area (Å²) < 4.78 is 0.703. The number of aryl methyl sites for hydroxylation is 1. The molecule has 0 aliphatic heterocycles. The number of anilines is 2. The topological polar surface area (TPSA) is 61.6 Å². The first-order chi connectivity index (χ1) is 9.12. The molecule has 96 valence electrons. The Bertz CT molecular complexity index is 652. The molecule has 2 rings (SSSR count). The van der Waals surface area contributed by atoms with Gasteiger partial charge in [0.25, 0.3) is 0 Å². The Morgan fingerprint density at radius 1 is 1.37 bits per heavy atom. The minimum Gasteiger partial charge on any atom is -0.339 e. The van der Waals surface area contributed by atoms with Crippen LogP contribution in [0.25, 0.3) is 0 Å². The molecule has 0 saturated heterocycles. The van der Waals surface area contributed by atoms with Crippen LogP contribution in [-0.2, 0) is 6.42 Å². The summed E-state index contributed by atoms with van der Waals surface area (Å²) >= 11 is 9.43. The van der Waals surface area contributed by atoms with Gasteiger partial charge in [-0.2, -0.15) is 5.26 Å². The van der Waals surface area contributed by atoms with Crippen molar-refractivity contribution in [3.8, 4) is 6.07 Å². The van der Waals surface area contributed by atoms with E-state index in [1.165, 1.54) is 0 Å². The van der Waals surface area contributed by atoms with E-state index in [1.54, 1.807) is 24.3 Å². The van der Waals surface area contributed by atoms with Crippen LogP contribution in [-0.4, -0.2) is 9.97 Å². The highest BCUT2D eigenvalue weighted by molar-refractivity contribution is 9.10. The van der Waals surface area contributed by atoms with E-state index in [9.17, 15) is 0 Å². The minimum absolute atomic E-state index is 0.534. The van der Waals surface area contributed by atoms with Crippen LogP contribution in [0, 0.1) is 11.3 Å². The van der Waals surface area contributed by atoms with E-state index in [-0.39, 0.29) is 0 Å².